The molecule has 1 aromatic carbocycles. The van der Waals surface area contributed by atoms with Gasteiger partial charge in [-0.05, 0) is 31.4 Å². The maximum absolute atomic E-state index is 10.2. The molecule has 0 radical (unpaired) electrons. The van der Waals surface area contributed by atoms with Crippen molar-refractivity contribution in [3.8, 4) is 0 Å². The zero-order valence-electron chi connectivity index (χ0n) is 21.8. The normalized spacial score (nSPS) is 10.8. The van der Waals surface area contributed by atoms with Gasteiger partial charge in [-0.25, -0.2) is 4.79 Å². The Hall–Kier alpha value is -1.71. The van der Waals surface area contributed by atoms with Crippen molar-refractivity contribution in [3.05, 3.63) is 35.9 Å². The van der Waals surface area contributed by atoms with Crippen LogP contribution in [-0.2, 0) is 4.74 Å². The molecule has 0 fully saturated rings. The molecule has 12 nitrogen and oxygen atoms in total. The number of carboxylic acid groups (broad SMARTS) is 1. The van der Waals surface area contributed by atoms with Crippen LogP contribution in [0.1, 0.15) is 55.8 Å². The molecule has 0 saturated carbocycles. The summed E-state index contributed by atoms with van der Waals surface area (Å²) in [5, 5.41) is 87.2. The van der Waals surface area contributed by atoms with E-state index in [0.717, 1.165) is 38.5 Å². The molecule has 1 aromatic rings. The third-order valence-electron chi connectivity index (χ3n) is 5.32. The van der Waals surface area contributed by atoms with E-state index in [2.05, 4.69) is 6.92 Å². The van der Waals surface area contributed by atoms with Crippen LogP contribution in [0.2, 0.25) is 0 Å². The van der Waals surface area contributed by atoms with Crippen LogP contribution in [-0.4, -0.2) is 122 Å². The molecule has 12 heteroatoms. The van der Waals surface area contributed by atoms with Gasteiger partial charge in [0.15, 0.2) is 0 Å². The number of ether oxygens (including phenoxy) is 1. The molecule has 0 aliphatic rings. The van der Waals surface area contributed by atoms with Crippen LogP contribution in [0.25, 0.3) is 0 Å². The summed E-state index contributed by atoms with van der Waals surface area (Å²) in [6, 6.07) is 8.30. The fraction of sp³-hybridized carbons (Fsp3) is 0.720. The quantitative estimate of drug-likeness (QED) is 0.0930. The monoisotopic (exact) mass is 540 g/mol. The standard InChI is InChI=1S/C8H18O7.C7H6O2.C6H14O2.C4H10O/c9-1-7(2-10,3-11)8(4-12,5-13)15-6-14;8-7(9)6-4-2-1-3-5-6;7-5-3-1-2-4-6-8;1-2-3-4-5/h9-14H,1-6H2;1-5H,(H,8,9);7-8H,1-6H2;5H,2-4H2,1H3. The van der Waals surface area contributed by atoms with E-state index in [0.29, 0.717) is 12.2 Å². The lowest BCUT2D eigenvalue weighted by molar-refractivity contribution is -0.243. The Kier molecular flexibility index (Phi) is 29.4. The zero-order chi connectivity index (χ0) is 29.0. The van der Waals surface area contributed by atoms with Gasteiger partial charge in [0.2, 0.25) is 0 Å². The third-order valence-corrected chi connectivity index (χ3v) is 5.32. The van der Waals surface area contributed by atoms with Crippen LogP contribution < -0.4 is 0 Å². The van der Waals surface area contributed by atoms with Crippen molar-refractivity contribution in [1.82, 2.24) is 0 Å². The molecule has 0 amide bonds. The Balaban J connectivity index is -0.000000450. The van der Waals surface area contributed by atoms with Crippen LogP contribution in [0.3, 0.4) is 0 Å². The number of carboxylic acids is 1. The molecule has 0 unspecified atom stereocenters. The Labute approximate surface area is 219 Å². The Morgan fingerprint density at radius 2 is 1.11 bits per heavy atom. The highest BCUT2D eigenvalue weighted by Crippen LogP contribution is 2.33. The van der Waals surface area contributed by atoms with E-state index < -0.39 is 56.8 Å². The van der Waals surface area contributed by atoms with Gasteiger partial charge < -0.3 is 55.8 Å². The van der Waals surface area contributed by atoms with Gasteiger partial charge in [0, 0.05) is 19.8 Å². The average Bonchev–Trinajstić information content (AvgIpc) is 2.93. The molecule has 0 aliphatic carbocycles. The second-order valence-electron chi connectivity index (χ2n) is 7.95. The minimum atomic E-state index is -1.79. The van der Waals surface area contributed by atoms with Gasteiger partial charge in [0.25, 0.3) is 0 Å². The number of aromatic carboxylic acids is 1. The van der Waals surface area contributed by atoms with Gasteiger partial charge in [0.05, 0.1) is 44.0 Å². The van der Waals surface area contributed by atoms with Crippen LogP contribution >= 0.6 is 0 Å². The fourth-order valence-electron chi connectivity index (χ4n) is 2.65. The molecule has 0 spiro atoms. The van der Waals surface area contributed by atoms with E-state index in [9.17, 15) is 4.79 Å². The summed E-state index contributed by atoms with van der Waals surface area (Å²) in [5.41, 5.74) is -3.09. The zero-order valence-corrected chi connectivity index (χ0v) is 21.8. The summed E-state index contributed by atoms with van der Waals surface area (Å²) in [4.78, 5) is 10.2. The molecule has 0 aliphatic heterocycles. The van der Waals surface area contributed by atoms with Gasteiger partial charge in [-0.2, -0.15) is 0 Å². The highest BCUT2D eigenvalue weighted by atomic mass is 16.6. The Morgan fingerprint density at radius 1 is 0.676 bits per heavy atom. The number of carbonyl (C=O) groups is 1. The second kappa shape index (κ2) is 27.3. The van der Waals surface area contributed by atoms with E-state index in [1.807, 2.05) is 0 Å². The minimum absolute atomic E-state index is 0.283. The number of rotatable bonds is 16. The molecule has 0 bridgehead atoms. The lowest BCUT2D eigenvalue weighted by atomic mass is 9.73. The molecule has 0 saturated heterocycles. The van der Waals surface area contributed by atoms with Crippen molar-refractivity contribution in [2.75, 3.05) is 59.6 Å². The van der Waals surface area contributed by atoms with Crippen molar-refractivity contribution >= 4 is 5.97 Å². The molecule has 220 valence electrons. The fourth-order valence-corrected chi connectivity index (χ4v) is 2.65. The first-order chi connectivity index (χ1) is 17.7. The first-order valence-corrected chi connectivity index (χ1v) is 12.2. The number of unbranched alkanes of at least 4 members (excludes halogenated alkanes) is 4. The maximum atomic E-state index is 10.2. The lowest BCUT2D eigenvalue weighted by Crippen LogP contribution is -2.61. The molecule has 10 N–H and O–H groups in total. The SMILES string of the molecule is CCCCO.O=C(O)c1ccccc1.OCCCCCCO.OCOC(CO)(CO)C(CO)(CO)CO. The summed E-state index contributed by atoms with van der Waals surface area (Å²) < 4.78 is 4.74. The first kappa shape index (κ1) is 39.8. The van der Waals surface area contributed by atoms with Crippen molar-refractivity contribution in [2.24, 2.45) is 5.41 Å². The van der Waals surface area contributed by atoms with Crippen molar-refractivity contribution < 1.29 is 60.6 Å². The topological polar surface area (TPSA) is 229 Å². The smallest absolute Gasteiger partial charge is 0.335 e. The average molecular weight is 541 g/mol. The number of aliphatic hydroxyl groups excluding tert-OH is 9. The summed E-state index contributed by atoms with van der Waals surface area (Å²) in [7, 11) is 0. The predicted octanol–water partition coefficient (Wildman–Crippen LogP) is -0.665. The molecule has 37 heavy (non-hydrogen) atoms. The van der Waals surface area contributed by atoms with Gasteiger partial charge in [-0.1, -0.05) is 44.4 Å². The van der Waals surface area contributed by atoms with Crippen molar-refractivity contribution in [2.45, 2.75) is 51.0 Å². The summed E-state index contributed by atoms with van der Waals surface area (Å²) >= 11 is 0. The molecule has 0 heterocycles. The van der Waals surface area contributed by atoms with Crippen molar-refractivity contribution in [1.29, 1.82) is 0 Å². The number of aliphatic hydroxyl groups is 9. The van der Waals surface area contributed by atoms with Gasteiger partial charge in [-0.15, -0.1) is 0 Å². The maximum Gasteiger partial charge on any atom is 0.335 e. The Bertz CT molecular complexity index is 576. The first-order valence-electron chi connectivity index (χ1n) is 12.2. The molecule has 0 aromatic heterocycles. The largest absolute Gasteiger partial charge is 0.478 e. The molecule has 1 rings (SSSR count). The Morgan fingerprint density at radius 3 is 1.32 bits per heavy atom. The van der Waals surface area contributed by atoms with Crippen LogP contribution in [0, 0.1) is 5.41 Å². The molecular weight excluding hydrogens is 492 g/mol. The van der Waals surface area contributed by atoms with E-state index >= 15 is 0 Å². The van der Waals surface area contributed by atoms with Gasteiger partial charge in [0.1, 0.15) is 12.4 Å². The van der Waals surface area contributed by atoms with Gasteiger partial charge >= 0.3 is 5.97 Å². The summed E-state index contributed by atoms with van der Waals surface area (Å²) in [6.07, 6.45) is 5.87. The highest BCUT2D eigenvalue weighted by Gasteiger charge is 2.51. The van der Waals surface area contributed by atoms with E-state index in [4.69, 9.17) is 55.8 Å². The lowest BCUT2D eigenvalue weighted by Gasteiger charge is -2.44. The number of hydrogen-bond acceptors (Lipinski definition) is 11. The van der Waals surface area contributed by atoms with Crippen LogP contribution in [0.4, 0.5) is 0 Å². The van der Waals surface area contributed by atoms with Crippen LogP contribution in [0.5, 0.6) is 0 Å². The third kappa shape index (κ3) is 17.4. The molecule has 0 atom stereocenters. The van der Waals surface area contributed by atoms with Gasteiger partial charge in [-0.3, -0.25) is 0 Å². The minimum Gasteiger partial charge on any atom is -0.478 e. The van der Waals surface area contributed by atoms with E-state index in [1.54, 1.807) is 30.3 Å². The predicted molar refractivity (Wildman–Crippen MR) is 137 cm³/mol. The van der Waals surface area contributed by atoms with E-state index in [1.165, 1.54) is 0 Å². The molecular formula is C25H48O12. The highest BCUT2D eigenvalue weighted by molar-refractivity contribution is 5.87. The van der Waals surface area contributed by atoms with Crippen molar-refractivity contribution in [3.63, 3.8) is 0 Å². The van der Waals surface area contributed by atoms with E-state index in [-0.39, 0.29) is 13.2 Å². The summed E-state index contributed by atoms with van der Waals surface area (Å²) in [5.74, 6) is -0.879. The second-order valence-corrected chi connectivity index (χ2v) is 7.95. The summed E-state index contributed by atoms with van der Waals surface area (Å²) in [6.45, 7) is -1.49. The number of benzene rings is 1. The number of hydrogen-bond donors (Lipinski definition) is 10. The van der Waals surface area contributed by atoms with Crippen LogP contribution in [0.15, 0.2) is 30.3 Å².